The lowest BCUT2D eigenvalue weighted by Gasteiger charge is -2.22. The van der Waals surface area contributed by atoms with Crippen LogP contribution in [0.4, 0.5) is 0 Å². The Kier molecular flexibility index (Phi) is 2.38. The van der Waals surface area contributed by atoms with Crippen LogP contribution in [0.25, 0.3) is 11.0 Å². The second-order valence-electron chi connectivity index (χ2n) is 5.14. The van der Waals surface area contributed by atoms with Crippen LogP contribution in [0.3, 0.4) is 0 Å². The highest BCUT2D eigenvalue weighted by Gasteiger charge is 2.22. The van der Waals surface area contributed by atoms with Gasteiger partial charge in [0.15, 0.2) is 0 Å². The minimum absolute atomic E-state index is 0.0559. The standard InChI is InChI=1S/C14H16O2/c1-9-12(14(2,3)4)10-7-5-6-8-11(10)16-13(9)15/h5-8H,1-4H3. The summed E-state index contributed by atoms with van der Waals surface area (Å²) in [6.45, 7) is 8.17. The number of hydrogen-bond donors (Lipinski definition) is 0. The van der Waals surface area contributed by atoms with Gasteiger partial charge in [-0.15, -0.1) is 0 Å². The maximum atomic E-state index is 11.7. The molecule has 16 heavy (non-hydrogen) atoms. The third-order valence-corrected chi connectivity index (χ3v) is 2.79. The molecular formula is C14H16O2. The van der Waals surface area contributed by atoms with Crippen molar-refractivity contribution < 1.29 is 4.42 Å². The van der Waals surface area contributed by atoms with Crippen LogP contribution in [0, 0.1) is 6.92 Å². The van der Waals surface area contributed by atoms with Crippen molar-refractivity contribution in [2.75, 3.05) is 0 Å². The highest BCUT2D eigenvalue weighted by atomic mass is 16.4. The van der Waals surface area contributed by atoms with Crippen LogP contribution < -0.4 is 5.63 Å². The smallest absolute Gasteiger partial charge is 0.339 e. The van der Waals surface area contributed by atoms with E-state index in [2.05, 4.69) is 20.8 Å². The van der Waals surface area contributed by atoms with Gasteiger partial charge >= 0.3 is 5.63 Å². The molecule has 1 aromatic carbocycles. The summed E-state index contributed by atoms with van der Waals surface area (Å²) in [5.41, 5.74) is 2.18. The van der Waals surface area contributed by atoms with Gasteiger partial charge in [-0.05, 0) is 24.0 Å². The molecular weight excluding hydrogens is 200 g/mol. The fourth-order valence-electron chi connectivity index (χ4n) is 2.21. The summed E-state index contributed by atoms with van der Waals surface area (Å²) in [7, 11) is 0. The summed E-state index contributed by atoms with van der Waals surface area (Å²) >= 11 is 0. The SMILES string of the molecule is Cc1c(C(C)(C)C)c2ccccc2oc1=O. The van der Waals surface area contributed by atoms with Crippen LogP contribution in [-0.4, -0.2) is 0 Å². The zero-order valence-corrected chi connectivity index (χ0v) is 10.1. The van der Waals surface area contributed by atoms with Gasteiger partial charge in [0, 0.05) is 10.9 Å². The van der Waals surface area contributed by atoms with E-state index >= 15 is 0 Å². The van der Waals surface area contributed by atoms with E-state index < -0.39 is 0 Å². The zero-order valence-electron chi connectivity index (χ0n) is 10.1. The van der Waals surface area contributed by atoms with Crippen molar-refractivity contribution in [2.24, 2.45) is 0 Å². The summed E-state index contributed by atoms with van der Waals surface area (Å²) in [6.07, 6.45) is 0. The normalized spacial score (nSPS) is 12.0. The van der Waals surface area contributed by atoms with E-state index in [0.717, 1.165) is 10.9 Å². The van der Waals surface area contributed by atoms with Crippen molar-refractivity contribution in [3.8, 4) is 0 Å². The quantitative estimate of drug-likeness (QED) is 0.632. The number of fused-ring (bicyclic) bond motifs is 1. The van der Waals surface area contributed by atoms with Gasteiger partial charge in [0.25, 0.3) is 0 Å². The third-order valence-electron chi connectivity index (χ3n) is 2.79. The monoisotopic (exact) mass is 216 g/mol. The number of para-hydroxylation sites is 1. The van der Waals surface area contributed by atoms with E-state index in [-0.39, 0.29) is 11.0 Å². The molecule has 2 nitrogen and oxygen atoms in total. The summed E-state index contributed by atoms with van der Waals surface area (Å²) in [5.74, 6) is 0. The average Bonchev–Trinajstić information content (AvgIpc) is 2.17. The first-order valence-corrected chi connectivity index (χ1v) is 5.44. The molecule has 1 heterocycles. The summed E-state index contributed by atoms with van der Waals surface area (Å²) in [5, 5.41) is 1.03. The molecule has 0 amide bonds. The first-order valence-electron chi connectivity index (χ1n) is 5.44. The van der Waals surface area contributed by atoms with E-state index in [1.165, 1.54) is 0 Å². The molecule has 2 rings (SSSR count). The van der Waals surface area contributed by atoms with Crippen LogP contribution in [0.15, 0.2) is 33.5 Å². The highest BCUT2D eigenvalue weighted by molar-refractivity contribution is 5.82. The summed E-state index contributed by atoms with van der Waals surface area (Å²) in [4.78, 5) is 11.7. The lowest BCUT2D eigenvalue weighted by molar-refractivity contribution is 0.532. The fourth-order valence-corrected chi connectivity index (χ4v) is 2.21. The Morgan fingerprint density at radius 3 is 2.38 bits per heavy atom. The van der Waals surface area contributed by atoms with E-state index in [4.69, 9.17) is 4.42 Å². The van der Waals surface area contributed by atoms with Crippen molar-refractivity contribution in [2.45, 2.75) is 33.1 Å². The molecule has 0 aliphatic rings. The molecule has 0 unspecified atom stereocenters. The molecule has 0 saturated carbocycles. The molecule has 0 aliphatic carbocycles. The lowest BCUT2D eigenvalue weighted by Crippen LogP contribution is -2.19. The molecule has 2 aromatic rings. The molecule has 0 bridgehead atoms. The highest BCUT2D eigenvalue weighted by Crippen LogP contribution is 2.30. The van der Waals surface area contributed by atoms with Gasteiger partial charge in [-0.2, -0.15) is 0 Å². The minimum atomic E-state index is -0.233. The van der Waals surface area contributed by atoms with E-state index in [0.29, 0.717) is 11.1 Å². The Balaban J connectivity index is 2.99. The third kappa shape index (κ3) is 1.64. The molecule has 0 radical (unpaired) electrons. The largest absolute Gasteiger partial charge is 0.423 e. The first kappa shape index (κ1) is 10.9. The molecule has 0 aliphatic heterocycles. The van der Waals surface area contributed by atoms with Crippen LogP contribution in [-0.2, 0) is 5.41 Å². The maximum absolute atomic E-state index is 11.7. The van der Waals surface area contributed by atoms with Crippen LogP contribution in [0.1, 0.15) is 31.9 Å². The van der Waals surface area contributed by atoms with Crippen molar-refractivity contribution in [1.29, 1.82) is 0 Å². The second-order valence-corrected chi connectivity index (χ2v) is 5.14. The Morgan fingerprint density at radius 2 is 1.75 bits per heavy atom. The summed E-state index contributed by atoms with van der Waals surface area (Å²) < 4.78 is 5.27. The van der Waals surface area contributed by atoms with E-state index in [1.807, 2.05) is 31.2 Å². The number of rotatable bonds is 0. The molecule has 0 spiro atoms. The van der Waals surface area contributed by atoms with Gasteiger partial charge in [-0.1, -0.05) is 39.0 Å². The molecule has 1 aromatic heterocycles. The first-order chi connectivity index (χ1) is 7.41. The van der Waals surface area contributed by atoms with Gasteiger partial charge in [-0.3, -0.25) is 0 Å². The van der Waals surface area contributed by atoms with Crippen molar-refractivity contribution in [3.63, 3.8) is 0 Å². The lowest BCUT2D eigenvalue weighted by atomic mass is 9.82. The number of hydrogen-bond acceptors (Lipinski definition) is 2. The number of benzene rings is 1. The van der Waals surface area contributed by atoms with E-state index in [9.17, 15) is 4.79 Å². The van der Waals surface area contributed by atoms with Gasteiger partial charge < -0.3 is 4.42 Å². The van der Waals surface area contributed by atoms with E-state index in [1.54, 1.807) is 0 Å². The molecule has 2 heteroatoms. The molecule has 84 valence electrons. The molecule has 0 N–H and O–H groups in total. The van der Waals surface area contributed by atoms with Gasteiger partial charge in [0.1, 0.15) is 5.58 Å². The fraction of sp³-hybridized carbons (Fsp3) is 0.357. The predicted molar refractivity (Wildman–Crippen MR) is 65.9 cm³/mol. The van der Waals surface area contributed by atoms with Gasteiger partial charge in [0.2, 0.25) is 0 Å². The zero-order chi connectivity index (χ0) is 11.9. The van der Waals surface area contributed by atoms with Crippen molar-refractivity contribution in [1.82, 2.24) is 0 Å². The Bertz CT molecular complexity index is 586. The van der Waals surface area contributed by atoms with Crippen molar-refractivity contribution >= 4 is 11.0 Å². The van der Waals surface area contributed by atoms with Crippen molar-refractivity contribution in [3.05, 3.63) is 45.8 Å². The molecule has 0 atom stereocenters. The minimum Gasteiger partial charge on any atom is -0.423 e. The summed E-state index contributed by atoms with van der Waals surface area (Å²) in [6, 6.07) is 7.70. The van der Waals surface area contributed by atoms with Crippen LogP contribution >= 0.6 is 0 Å². The second kappa shape index (κ2) is 3.48. The van der Waals surface area contributed by atoms with Gasteiger partial charge in [0.05, 0.1) is 0 Å². The van der Waals surface area contributed by atoms with Gasteiger partial charge in [-0.25, -0.2) is 4.79 Å². The maximum Gasteiger partial charge on any atom is 0.339 e. The Labute approximate surface area is 94.9 Å². The predicted octanol–water partition coefficient (Wildman–Crippen LogP) is 3.40. The molecule has 0 saturated heterocycles. The van der Waals surface area contributed by atoms with Crippen LogP contribution in [0.2, 0.25) is 0 Å². The van der Waals surface area contributed by atoms with Crippen LogP contribution in [0.5, 0.6) is 0 Å². The topological polar surface area (TPSA) is 30.2 Å². The Morgan fingerprint density at radius 1 is 1.12 bits per heavy atom. The molecule has 0 fully saturated rings. The Hall–Kier alpha value is -1.57. The average molecular weight is 216 g/mol.